The highest BCUT2D eigenvalue weighted by molar-refractivity contribution is 6.04. The highest BCUT2D eigenvalue weighted by Gasteiger charge is 2.24. The summed E-state index contributed by atoms with van der Waals surface area (Å²) in [5, 5.41) is 10.0. The van der Waals surface area contributed by atoms with Crippen LogP contribution in [0.5, 0.6) is 11.5 Å². The van der Waals surface area contributed by atoms with Gasteiger partial charge in [0.25, 0.3) is 0 Å². The number of hydrogen-bond donors (Lipinski definition) is 0. The van der Waals surface area contributed by atoms with Crippen LogP contribution in [0.3, 0.4) is 0 Å². The maximum Gasteiger partial charge on any atom is 0.355 e. The van der Waals surface area contributed by atoms with E-state index in [0.717, 1.165) is 27.9 Å². The van der Waals surface area contributed by atoms with E-state index < -0.39 is 5.97 Å². The van der Waals surface area contributed by atoms with Gasteiger partial charge in [0.1, 0.15) is 23.8 Å². The number of benzene rings is 3. The van der Waals surface area contributed by atoms with Gasteiger partial charge in [0.05, 0.1) is 24.3 Å². The summed E-state index contributed by atoms with van der Waals surface area (Å²) in [6, 6.07) is 25.2. The van der Waals surface area contributed by atoms with Crippen molar-refractivity contribution in [3.8, 4) is 23.3 Å². The molecule has 4 rings (SSSR count). The van der Waals surface area contributed by atoms with Crippen LogP contribution in [0.1, 0.15) is 42.4 Å². The zero-order valence-corrected chi connectivity index (χ0v) is 20.6. The third-order valence-electron chi connectivity index (χ3n) is 5.49. The Morgan fingerprint density at radius 3 is 2.42 bits per heavy atom. The Morgan fingerprint density at radius 2 is 1.75 bits per heavy atom. The lowest BCUT2D eigenvalue weighted by Crippen LogP contribution is -2.12. The van der Waals surface area contributed by atoms with Gasteiger partial charge in [-0.2, -0.15) is 5.26 Å². The molecule has 0 aliphatic rings. The van der Waals surface area contributed by atoms with Crippen LogP contribution in [0.15, 0.2) is 78.9 Å². The number of nitriles is 1. The molecular weight excluding hydrogens is 452 g/mol. The van der Waals surface area contributed by atoms with Gasteiger partial charge in [-0.05, 0) is 74.9 Å². The van der Waals surface area contributed by atoms with Crippen LogP contribution in [0.25, 0.3) is 22.7 Å². The van der Waals surface area contributed by atoms with Crippen molar-refractivity contribution in [1.82, 2.24) is 4.57 Å². The largest absolute Gasteiger partial charge is 0.491 e. The van der Waals surface area contributed by atoms with Crippen molar-refractivity contribution in [3.05, 3.63) is 95.7 Å². The number of esters is 1. The number of rotatable bonds is 9. The van der Waals surface area contributed by atoms with Gasteiger partial charge >= 0.3 is 5.97 Å². The van der Waals surface area contributed by atoms with E-state index in [2.05, 4.69) is 0 Å². The van der Waals surface area contributed by atoms with E-state index in [-0.39, 0.29) is 12.7 Å². The molecule has 1 heterocycles. The molecule has 0 spiro atoms. The molecule has 4 aromatic rings. The topological polar surface area (TPSA) is 73.5 Å². The fraction of sp³-hybridized carbons (Fsp3) is 0.200. The fourth-order valence-electron chi connectivity index (χ4n) is 4.03. The van der Waals surface area contributed by atoms with Gasteiger partial charge in [-0.25, -0.2) is 4.79 Å². The van der Waals surface area contributed by atoms with Crippen LogP contribution in [0.2, 0.25) is 0 Å². The molecule has 0 aliphatic heterocycles. The van der Waals surface area contributed by atoms with Crippen molar-refractivity contribution in [2.24, 2.45) is 0 Å². The molecule has 0 unspecified atom stereocenters. The summed E-state index contributed by atoms with van der Waals surface area (Å²) in [5.74, 6) is 0.927. The van der Waals surface area contributed by atoms with Crippen molar-refractivity contribution in [3.63, 3.8) is 0 Å². The lowest BCUT2D eigenvalue weighted by atomic mass is 10.1. The predicted octanol–water partition coefficient (Wildman–Crippen LogP) is 6.71. The zero-order chi connectivity index (χ0) is 25.5. The number of hydrogen-bond acceptors (Lipinski definition) is 5. The first-order valence-electron chi connectivity index (χ1n) is 11.9. The van der Waals surface area contributed by atoms with Crippen molar-refractivity contribution in [2.45, 2.75) is 33.5 Å². The van der Waals surface area contributed by atoms with Gasteiger partial charge < -0.3 is 18.8 Å². The van der Waals surface area contributed by atoms with Crippen LogP contribution >= 0.6 is 0 Å². The number of allylic oxidation sites excluding steroid dienone is 1. The molecule has 0 N–H and O–H groups in total. The average Bonchev–Trinajstić information content (AvgIpc) is 3.20. The number of carbonyl (C=O) groups is 1. The summed E-state index contributed by atoms with van der Waals surface area (Å²) in [7, 11) is 0. The number of fused-ring (bicyclic) bond motifs is 1. The highest BCUT2D eigenvalue weighted by atomic mass is 16.5. The van der Waals surface area contributed by atoms with E-state index >= 15 is 0 Å². The maximum atomic E-state index is 13.2. The molecule has 0 radical (unpaired) electrons. The highest BCUT2D eigenvalue weighted by Crippen LogP contribution is 2.34. The molecule has 0 amide bonds. The first-order chi connectivity index (χ1) is 17.5. The Morgan fingerprint density at radius 1 is 1.03 bits per heavy atom. The van der Waals surface area contributed by atoms with Gasteiger partial charge in [-0.1, -0.05) is 30.3 Å². The molecule has 0 aliphatic carbocycles. The Hall–Kier alpha value is -4.50. The van der Waals surface area contributed by atoms with Crippen molar-refractivity contribution in [2.75, 3.05) is 6.61 Å². The second-order valence-corrected chi connectivity index (χ2v) is 8.39. The van der Waals surface area contributed by atoms with E-state index in [9.17, 15) is 10.1 Å². The number of aromatic nitrogens is 1. The zero-order valence-electron chi connectivity index (χ0n) is 20.6. The van der Waals surface area contributed by atoms with Crippen molar-refractivity contribution in [1.29, 1.82) is 5.26 Å². The molecule has 0 fully saturated rings. The van der Waals surface area contributed by atoms with Crippen LogP contribution in [-0.2, 0) is 11.3 Å². The van der Waals surface area contributed by atoms with Gasteiger partial charge in [0.15, 0.2) is 0 Å². The minimum atomic E-state index is -0.472. The van der Waals surface area contributed by atoms with Gasteiger partial charge in [-0.15, -0.1) is 0 Å². The van der Waals surface area contributed by atoms with Crippen molar-refractivity contribution < 1.29 is 19.0 Å². The minimum absolute atomic E-state index is 0.0513. The minimum Gasteiger partial charge on any atom is -0.491 e. The molecule has 0 saturated carbocycles. The molecule has 0 saturated heterocycles. The summed E-state index contributed by atoms with van der Waals surface area (Å²) in [5.41, 5.74) is 3.55. The number of ether oxygens (including phenoxy) is 3. The fourth-order valence-corrected chi connectivity index (χ4v) is 4.03. The molecule has 1 aromatic heterocycles. The normalized spacial score (nSPS) is 11.1. The monoisotopic (exact) mass is 480 g/mol. The molecule has 6 heteroatoms. The van der Waals surface area contributed by atoms with Crippen LogP contribution in [-0.4, -0.2) is 23.2 Å². The van der Waals surface area contributed by atoms with Gasteiger partial charge in [-0.3, -0.25) is 0 Å². The second-order valence-electron chi connectivity index (χ2n) is 8.39. The summed E-state index contributed by atoms with van der Waals surface area (Å²) in [6.45, 7) is 6.35. The Labute approximate surface area is 211 Å². The first-order valence-corrected chi connectivity index (χ1v) is 11.9. The molecule has 182 valence electrons. The Kier molecular flexibility index (Phi) is 7.72. The average molecular weight is 481 g/mol. The molecule has 0 bridgehead atoms. The summed E-state index contributed by atoms with van der Waals surface area (Å²) < 4.78 is 19.1. The molecule has 6 nitrogen and oxygen atoms in total. The Bertz CT molecular complexity index is 1410. The number of carbonyl (C=O) groups excluding carboxylic acids is 1. The van der Waals surface area contributed by atoms with Crippen molar-refractivity contribution >= 4 is 22.9 Å². The standard InChI is InChI=1S/C30H28N2O4/c1-4-34-30(33)29-26(11-8-18-31)27-19-25(35-20-22-9-6-5-7-10-22)16-17-28(27)32(29)23-12-14-24(15-13-23)36-21(2)3/h5-17,19,21H,4,20H2,1-3H3. The smallest absolute Gasteiger partial charge is 0.355 e. The van der Waals surface area contributed by atoms with E-state index in [1.165, 1.54) is 6.08 Å². The molecule has 3 aromatic carbocycles. The van der Waals surface area contributed by atoms with E-state index in [0.29, 0.717) is 23.6 Å². The summed E-state index contributed by atoms with van der Waals surface area (Å²) in [4.78, 5) is 13.2. The molecule has 36 heavy (non-hydrogen) atoms. The van der Waals surface area contributed by atoms with E-state index in [4.69, 9.17) is 14.2 Å². The van der Waals surface area contributed by atoms with E-state index in [1.54, 1.807) is 13.0 Å². The predicted molar refractivity (Wildman–Crippen MR) is 140 cm³/mol. The van der Waals surface area contributed by atoms with Crippen LogP contribution in [0.4, 0.5) is 0 Å². The summed E-state index contributed by atoms with van der Waals surface area (Å²) >= 11 is 0. The quantitative estimate of drug-likeness (QED) is 0.197. The third-order valence-corrected chi connectivity index (χ3v) is 5.49. The van der Waals surface area contributed by atoms with Gasteiger partial charge in [0.2, 0.25) is 0 Å². The molecular formula is C30H28N2O4. The Balaban J connectivity index is 1.85. The van der Waals surface area contributed by atoms with E-state index in [1.807, 2.05) is 97.3 Å². The SMILES string of the molecule is CCOC(=O)c1c(C=CC#N)c2cc(OCc3ccccc3)ccc2n1-c1ccc(OC(C)C)cc1. The lowest BCUT2D eigenvalue weighted by molar-refractivity contribution is 0.0517. The lowest BCUT2D eigenvalue weighted by Gasteiger charge is -2.13. The summed E-state index contributed by atoms with van der Waals surface area (Å²) in [6.07, 6.45) is 3.05. The van der Waals surface area contributed by atoms with Crippen LogP contribution in [0, 0.1) is 11.3 Å². The van der Waals surface area contributed by atoms with Gasteiger partial charge in [0, 0.05) is 22.7 Å². The second kappa shape index (κ2) is 11.3. The van der Waals surface area contributed by atoms with Crippen LogP contribution < -0.4 is 9.47 Å². The number of nitrogens with zero attached hydrogens (tertiary/aromatic N) is 2. The maximum absolute atomic E-state index is 13.2. The first kappa shape index (κ1) is 24.6. The molecule has 0 atom stereocenters. The third kappa shape index (κ3) is 5.42.